The molecule has 3 rings (SSSR count). The zero-order valence-electron chi connectivity index (χ0n) is 15.8. The summed E-state index contributed by atoms with van der Waals surface area (Å²) in [4.78, 5) is 39.3. The summed E-state index contributed by atoms with van der Waals surface area (Å²) in [7, 11) is 0. The van der Waals surface area contributed by atoms with Crippen LogP contribution >= 0.6 is 0 Å². The summed E-state index contributed by atoms with van der Waals surface area (Å²) < 4.78 is 0. The molecule has 0 unspecified atom stereocenters. The molecule has 142 valence electrons. The molecule has 3 heterocycles. The molecule has 0 bridgehead atoms. The molecule has 8 nitrogen and oxygen atoms in total. The van der Waals surface area contributed by atoms with Crippen LogP contribution in [0.3, 0.4) is 0 Å². The Morgan fingerprint density at radius 2 is 1.81 bits per heavy atom. The summed E-state index contributed by atoms with van der Waals surface area (Å²) in [6.45, 7) is 9.49. The molecule has 0 radical (unpaired) electrons. The Morgan fingerprint density at radius 1 is 1.15 bits per heavy atom. The number of piperazine rings is 1. The van der Waals surface area contributed by atoms with Gasteiger partial charge in [-0.3, -0.25) is 9.69 Å². The Kier molecular flexibility index (Phi) is 5.41. The smallest absolute Gasteiger partial charge is 0.326 e. The number of hydrogen-bond acceptors (Lipinski definition) is 6. The first-order valence-corrected chi connectivity index (χ1v) is 9.27. The summed E-state index contributed by atoms with van der Waals surface area (Å²) >= 11 is 0. The zero-order chi connectivity index (χ0) is 18.7. The predicted molar refractivity (Wildman–Crippen MR) is 98.5 cm³/mol. The molecule has 2 aliphatic rings. The van der Waals surface area contributed by atoms with Crippen molar-refractivity contribution in [2.75, 3.05) is 37.7 Å². The van der Waals surface area contributed by atoms with Gasteiger partial charge in [-0.05, 0) is 31.7 Å². The Morgan fingerprint density at radius 3 is 2.42 bits per heavy atom. The second kappa shape index (κ2) is 7.57. The van der Waals surface area contributed by atoms with Crippen LogP contribution in [-0.4, -0.2) is 70.1 Å². The number of carbonyl (C=O) groups is 2. The fourth-order valence-corrected chi connectivity index (χ4v) is 3.37. The molecule has 0 aromatic carbocycles. The van der Waals surface area contributed by atoms with Crippen molar-refractivity contribution in [2.45, 2.75) is 39.2 Å². The predicted octanol–water partition coefficient (Wildman–Crippen LogP) is 1.30. The van der Waals surface area contributed by atoms with E-state index in [1.807, 2.05) is 6.92 Å². The van der Waals surface area contributed by atoms with Gasteiger partial charge in [0.2, 0.25) is 5.95 Å². The SMILES string of the molecule is CC(C)CC[C@@]1(C)NC(=O)N(CN2CCN(c3ncccn3)CC2)C1=O. The highest BCUT2D eigenvalue weighted by molar-refractivity contribution is 6.06. The number of rotatable bonds is 6. The van der Waals surface area contributed by atoms with E-state index in [4.69, 9.17) is 0 Å². The minimum absolute atomic E-state index is 0.114. The lowest BCUT2D eigenvalue weighted by molar-refractivity contribution is -0.132. The Balaban J connectivity index is 1.55. The van der Waals surface area contributed by atoms with Crippen molar-refractivity contribution in [3.8, 4) is 0 Å². The lowest BCUT2D eigenvalue weighted by atomic mass is 9.92. The lowest BCUT2D eigenvalue weighted by Gasteiger charge is -2.36. The van der Waals surface area contributed by atoms with Crippen molar-refractivity contribution in [3.05, 3.63) is 18.5 Å². The van der Waals surface area contributed by atoms with Crippen molar-refractivity contribution < 1.29 is 9.59 Å². The molecule has 26 heavy (non-hydrogen) atoms. The molecular weight excluding hydrogens is 332 g/mol. The fourth-order valence-electron chi connectivity index (χ4n) is 3.37. The number of anilines is 1. The van der Waals surface area contributed by atoms with E-state index >= 15 is 0 Å². The van der Waals surface area contributed by atoms with E-state index in [0.717, 1.165) is 38.5 Å². The van der Waals surface area contributed by atoms with Gasteiger partial charge in [-0.2, -0.15) is 0 Å². The normalized spacial score (nSPS) is 24.5. The van der Waals surface area contributed by atoms with Crippen LogP contribution in [0, 0.1) is 5.92 Å². The average Bonchev–Trinajstić information content (AvgIpc) is 2.85. The monoisotopic (exact) mass is 360 g/mol. The van der Waals surface area contributed by atoms with E-state index in [0.29, 0.717) is 19.0 Å². The molecule has 1 atom stereocenters. The third-order valence-corrected chi connectivity index (χ3v) is 5.12. The van der Waals surface area contributed by atoms with E-state index in [1.165, 1.54) is 4.90 Å². The van der Waals surface area contributed by atoms with Gasteiger partial charge in [-0.1, -0.05) is 13.8 Å². The van der Waals surface area contributed by atoms with E-state index in [1.54, 1.807) is 18.5 Å². The number of nitrogens with zero attached hydrogens (tertiary/aromatic N) is 5. The minimum Gasteiger partial charge on any atom is -0.338 e. The molecule has 1 aromatic rings. The third kappa shape index (κ3) is 3.95. The standard InChI is InChI=1S/C18H28N6O2/c1-14(2)5-6-18(3)15(25)24(17(26)21-18)13-22-9-11-23(12-10-22)16-19-7-4-8-20-16/h4,7-8,14H,5-6,9-13H2,1-3H3,(H,21,26)/t18-/m1/s1. The third-order valence-electron chi connectivity index (χ3n) is 5.12. The number of nitrogens with one attached hydrogen (secondary N) is 1. The molecular formula is C18H28N6O2. The molecule has 2 fully saturated rings. The molecule has 0 saturated carbocycles. The maximum absolute atomic E-state index is 12.8. The minimum atomic E-state index is -0.777. The quantitative estimate of drug-likeness (QED) is 0.770. The van der Waals surface area contributed by atoms with Crippen molar-refractivity contribution in [3.63, 3.8) is 0 Å². The van der Waals surface area contributed by atoms with Crippen molar-refractivity contribution in [1.29, 1.82) is 0 Å². The largest absolute Gasteiger partial charge is 0.338 e. The number of hydrogen-bond donors (Lipinski definition) is 1. The van der Waals surface area contributed by atoms with E-state index in [-0.39, 0.29) is 11.9 Å². The second-order valence-electron chi connectivity index (χ2n) is 7.72. The van der Waals surface area contributed by atoms with Gasteiger partial charge in [-0.25, -0.2) is 19.7 Å². The summed E-state index contributed by atoms with van der Waals surface area (Å²) in [5.41, 5.74) is -0.777. The van der Waals surface area contributed by atoms with Crippen LogP contribution in [0.4, 0.5) is 10.7 Å². The first kappa shape index (κ1) is 18.6. The molecule has 3 amide bonds. The van der Waals surface area contributed by atoms with E-state index < -0.39 is 5.54 Å². The summed E-state index contributed by atoms with van der Waals surface area (Å²) in [5.74, 6) is 1.11. The van der Waals surface area contributed by atoms with Crippen LogP contribution in [0.2, 0.25) is 0 Å². The molecule has 0 aliphatic carbocycles. The molecule has 0 spiro atoms. The van der Waals surface area contributed by atoms with Gasteiger partial charge in [0, 0.05) is 38.6 Å². The maximum Gasteiger partial charge on any atom is 0.326 e. The first-order chi connectivity index (χ1) is 12.4. The molecule has 1 N–H and O–H groups in total. The van der Waals surface area contributed by atoms with Crippen LogP contribution in [0.15, 0.2) is 18.5 Å². The zero-order valence-corrected chi connectivity index (χ0v) is 15.8. The van der Waals surface area contributed by atoms with Crippen molar-refractivity contribution in [2.24, 2.45) is 5.92 Å². The van der Waals surface area contributed by atoms with Crippen LogP contribution in [0.25, 0.3) is 0 Å². The summed E-state index contributed by atoms with van der Waals surface area (Å²) in [6, 6.07) is 1.52. The molecule has 8 heteroatoms. The topological polar surface area (TPSA) is 81.7 Å². The van der Waals surface area contributed by atoms with Crippen LogP contribution in [0.1, 0.15) is 33.6 Å². The Hall–Kier alpha value is -2.22. The number of imide groups is 1. The van der Waals surface area contributed by atoms with Gasteiger partial charge >= 0.3 is 6.03 Å². The van der Waals surface area contributed by atoms with Gasteiger partial charge in [0.05, 0.1) is 6.67 Å². The highest BCUT2D eigenvalue weighted by Crippen LogP contribution is 2.25. The van der Waals surface area contributed by atoms with Gasteiger partial charge in [-0.15, -0.1) is 0 Å². The van der Waals surface area contributed by atoms with Crippen molar-refractivity contribution >= 4 is 17.9 Å². The first-order valence-electron chi connectivity index (χ1n) is 9.27. The number of aromatic nitrogens is 2. The maximum atomic E-state index is 12.8. The Labute approximate surface area is 154 Å². The summed E-state index contributed by atoms with van der Waals surface area (Å²) in [6.07, 6.45) is 5.05. The van der Waals surface area contributed by atoms with Crippen LogP contribution in [0.5, 0.6) is 0 Å². The van der Waals surface area contributed by atoms with Crippen molar-refractivity contribution in [1.82, 2.24) is 25.1 Å². The number of amides is 3. The van der Waals surface area contributed by atoms with Crippen LogP contribution < -0.4 is 10.2 Å². The number of carbonyl (C=O) groups excluding carboxylic acids is 2. The number of urea groups is 1. The van der Waals surface area contributed by atoms with Gasteiger partial charge < -0.3 is 10.2 Å². The average molecular weight is 360 g/mol. The van der Waals surface area contributed by atoms with Gasteiger partial charge in [0.15, 0.2) is 0 Å². The lowest BCUT2D eigenvalue weighted by Crippen LogP contribution is -2.52. The molecule has 2 saturated heterocycles. The molecule has 1 aromatic heterocycles. The highest BCUT2D eigenvalue weighted by Gasteiger charge is 2.47. The second-order valence-corrected chi connectivity index (χ2v) is 7.72. The Bertz CT molecular complexity index is 644. The fraction of sp³-hybridized carbons (Fsp3) is 0.667. The van der Waals surface area contributed by atoms with Gasteiger partial charge in [0.25, 0.3) is 5.91 Å². The van der Waals surface area contributed by atoms with E-state index in [2.05, 4.69) is 38.9 Å². The highest BCUT2D eigenvalue weighted by atomic mass is 16.2. The van der Waals surface area contributed by atoms with E-state index in [9.17, 15) is 9.59 Å². The summed E-state index contributed by atoms with van der Waals surface area (Å²) in [5, 5.41) is 2.89. The molecule has 2 aliphatic heterocycles. The van der Waals surface area contributed by atoms with Crippen LogP contribution in [-0.2, 0) is 4.79 Å². The van der Waals surface area contributed by atoms with Gasteiger partial charge in [0.1, 0.15) is 5.54 Å².